The van der Waals surface area contributed by atoms with Gasteiger partial charge in [0, 0.05) is 24.9 Å². The molecule has 2 aromatic rings. The van der Waals surface area contributed by atoms with Gasteiger partial charge in [0.15, 0.2) is 0 Å². The molecule has 3 rings (SSSR count). The highest BCUT2D eigenvalue weighted by molar-refractivity contribution is 5.94. The number of benzene rings is 2. The molecule has 2 amide bonds. The quantitative estimate of drug-likeness (QED) is 0.790. The van der Waals surface area contributed by atoms with E-state index in [-0.39, 0.29) is 18.7 Å². The maximum absolute atomic E-state index is 12.2. The lowest BCUT2D eigenvalue weighted by Crippen LogP contribution is -2.36. The highest BCUT2D eigenvalue weighted by Gasteiger charge is 2.22. The zero-order chi connectivity index (χ0) is 16.9. The van der Waals surface area contributed by atoms with Gasteiger partial charge >= 0.3 is 6.03 Å². The van der Waals surface area contributed by atoms with E-state index in [1.54, 1.807) is 0 Å². The molecule has 126 valence electrons. The number of nitrogens with zero attached hydrogens (tertiary/aromatic N) is 1. The number of amides is 2. The number of nitrogens with one attached hydrogen (secondary N) is 2. The SMILES string of the molecule is C[C@H](CCO)NC(=O)Nc1ccccc1N1CCc2ccccc21. The Hall–Kier alpha value is -2.53. The van der Waals surface area contributed by atoms with Crippen molar-refractivity contribution in [1.82, 2.24) is 5.32 Å². The summed E-state index contributed by atoms with van der Waals surface area (Å²) < 4.78 is 0. The van der Waals surface area contributed by atoms with Crippen molar-refractivity contribution in [3.63, 3.8) is 0 Å². The number of hydrogen-bond donors (Lipinski definition) is 3. The molecular weight excluding hydrogens is 302 g/mol. The minimum atomic E-state index is -0.254. The van der Waals surface area contributed by atoms with Crippen LogP contribution in [0.25, 0.3) is 0 Å². The predicted octanol–water partition coefficient (Wildman–Crippen LogP) is 3.27. The number of urea groups is 1. The third-order valence-corrected chi connectivity index (χ3v) is 4.27. The fourth-order valence-corrected chi connectivity index (χ4v) is 3.05. The molecular formula is C19H23N3O2. The van der Waals surface area contributed by atoms with E-state index >= 15 is 0 Å². The van der Waals surface area contributed by atoms with E-state index in [2.05, 4.69) is 33.7 Å². The summed E-state index contributed by atoms with van der Waals surface area (Å²) in [5, 5.41) is 14.7. The van der Waals surface area contributed by atoms with Crippen LogP contribution in [0.5, 0.6) is 0 Å². The molecule has 1 heterocycles. The van der Waals surface area contributed by atoms with Gasteiger partial charge in [0.2, 0.25) is 0 Å². The summed E-state index contributed by atoms with van der Waals surface area (Å²) in [5.41, 5.74) is 4.30. The maximum Gasteiger partial charge on any atom is 0.319 e. The third-order valence-electron chi connectivity index (χ3n) is 4.27. The summed E-state index contributed by atoms with van der Waals surface area (Å²) in [6.45, 7) is 2.83. The Bertz CT molecular complexity index is 717. The maximum atomic E-state index is 12.2. The number of aliphatic hydroxyl groups is 1. The molecule has 0 saturated carbocycles. The van der Waals surface area contributed by atoms with Crippen molar-refractivity contribution in [2.75, 3.05) is 23.4 Å². The Balaban J connectivity index is 1.78. The molecule has 1 aliphatic rings. The predicted molar refractivity (Wildman–Crippen MR) is 96.9 cm³/mol. The summed E-state index contributed by atoms with van der Waals surface area (Å²) in [7, 11) is 0. The van der Waals surface area contributed by atoms with Gasteiger partial charge in [0.1, 0.15) is 0 Å². The fourth-order valence-electron chi connectivity index (χ4n) is 3.05. The van der Waals surface area contributed by atoms with Gasteiger partial charge in [-0.2, -0.15) is 0 Å². The van der Waals surface area contributed by atoms with Crippen molar-refractivity contribution >= 4 is 23.1 Å². The van der Waals surface area contributed by atoms with E-state index in [4.69, 9.17) is 5.11 Å². The molecule has 5 heteroatoms. The molecule has 0 radical (unpaired) electrons. The monoisotopic (exact) mass is 325 g/mol. The second-order valence-electron chi connectivity index (χ2n) is 6.06. The van der Waals surface area contributed by atoms with Crippen LogP contribution in [0.3, 0.4) is 0 Å². The van der Waals surface area contributed by atoms with Crippen molar-refractivity contribution < 1.29 is 9.90 Å². The molecule has 0 unspecified atom stereocenters. The van der Waals surface area contributed by atoms with Gasteiger partial charge in [-0.1, -0.05) is 30.3 Å². The summed E-state index contributed by atoms with van der Waals surface area (Å²) in [4.78, 5) is 14.4. The van der Waals surface area contributed by atoms with Gasteiger partial charge in [-0.25, -0.2) is 4.79 Å². The first-order valence-corrected chi connectivity index (χ1v) is 8.32. The van der Waals surface area contributed by atoms with Crippen LogP contribution in [0.15, 0.2) is 48.5 Å². The van der Waals surface area contributed by atoms with Crippen molar-refractivity contribution in [2.45, 2.75) is 25.8 Å². The van der Waals surface area contributed by atoms with Crippen LogP contribution in [0.1, 0.15) is 18.9 Å². The van der Waals surface area contributed by atoms with Gasteiger partial charge in [-0.05, 0) is 43.5 Å². The zero-order valence-corrected chi connectivity index (χ0v) is 13.8. The zero-order valence-electron chi connectivity index (χ0n) is 13.8. The van der Waals surface area contributed by atoms with Gasteiger partial charge in [-0.3, -0.25) is 0 Å². The number of fused-ring (bicyclic) bond motifs is 1. The Morgan fingerprint density at radius 2 is 1.88 bits per heavy atom. The highest BCUT2D eigenvalue weighted by Crippen LogP contribution is 2.37. The van der Waals surface area contributed by atoms with Gasteiger partial charge in [0.25, 0.3) is 0 Å². The number of para-hydroxylation sites is 3. The van der Waals surface area contributed by atoms with Crippen LogP contribution >= 0.6 is 0 Å². The number of aliphatic hydroxyl groups excluding tert-OH is 1. The molecule has 0 saturated heterocycles. The number of hydrogen-bond acceptors (Lipinski definition) is 3. The standard InChI is InChI=1S/C19H23N3O2/c1-14(11-13-23)20-19(24)21-16-7-3-5-9-18(16)22-12-10-15-6-2-4-8-17(15)22/h2-9,14,23H,10-13H2,1H3,(H2,20,21,24)/t14-/m1/s1. The molecule has 0 aromatic heterocycles. The van der Waals surface area contributed by atoms with Crippen LogP contribution in [0, 0.1) is 0 Å². The lowest BCUT2D eigenvalue weighted by Gasteiger charge is -2.23. The molecule has 0 spiro atoms. The summed E-state index contributed by atoms with van der Waals surface area (Å²) in [6, 6.07) is 15.9. The van der Waals surface area contributed by atoms with Crippen molar-refractivity contribution in [2.24, 2.45) is 0 Å². The van der Waals surface area contributed by atoms with Gasteiger partial charge in [0.05, 0.1) is 11.4 Å². The van der Waals surface area contributed by atoms with E-state index < -0.39 is 0 Å². The second-order valence-corrected chi connectivity index (χ2v) is 6.06. The first kappa shape index (κ1) is 16.3. The highest BCUT2D eigenvalue weighted by atomic mass is 16.3. The Morgan fingerprint density at radius 1 is 1.17 bits per heavy atom. The average Bonchev–Trinajstić information content (AvgIpc) is 2.99. The minimum absolute atomic E-state index is 0.0581. The molecule has 2 aromatic carbocycles. The molecule has 1 aliphatic heterocycles. The minimum Gasteiger partial charge on any atom is -0.396 e. The molecule has 0 bridgehead atoms. The van der Waals surface area contributed by atoms with Crippen molar-refractivity contribution in [3.05, 3.63) is 54.1 Å². The van der Waals surface area contributed by atoms with Crippen molar-refractivity contribution in [1.29, 1.82) is 0 Å². The van der Waals surface area contributed by atoms with E-state index in [9.17, 15) is 4.79 Å². The topological polar surface area (TPSA) is 64.6 Å². The van der Waals surface area contributed by atoms with Gasteiger partial charge < -0.3 is 20.6 Å². The molecule has 1 atom stereocenters. The van der Waals surface area contributed by atoms with Crippen LogP contribution in [0.4, 0.5) is 21.9 Å². The van der Waals surface area contributed by atoms with Crippen molar-refractivity contribution in [3.8, 4) is 0 Å². The number of carbonyl (C=O) groups is 1. The van der Waals surface area contributed by atoms with E-state index in [1.807, 2.05) is 37.3 Å². The van der Waals surface area contributed by atoms with E-state index in [0.29, 0.717) is 6.42 Å². The summed E-state index contributed by atoms with van der Waals surface area (Å²) in [5.74, 6) is 0. The Kier molecular flexibility index (Phi) is 5.01. The fraction of sp³-hybridized carbons (Fsp3) is 0.316. The van der Waals surface area contributed by atoms with Gasteiger partial charge in [-0.15, -0.1) is 0 Å². The molecule has 0 fully saturated rings. The number of anilines is 3. The first-order valence-electron chi connectivity index (χ1n) is 8.32. The van der Waals surface area contributed by atoms with Crippen LogP contribution < -0.4 is 15.5 Å². The van der Waals surface area contributed by atoms with E-state index in [1.165, 1.54) is 11.3 Å². The first-order chi connectivity index (χ1) is 11.7. The molecule has 3 N–H and O–H groups in total. The van der Waals surface area contributed by atoms with Crippen LogP contribution in [-0.4, -0.2) is 30.3 Å². The normalized spacial score (nSPS) is 14.2. The van der Waals surface area contributed by atoms with Crippen LogP contribution in [-0.2, 0) is 6.42 Å². The second kappa shape index (κ2) is 7.36. The number of rotatable bonds is 5. The van der Waals surface area contributed by atoms with Crippen LogP contribution in [0.2, 0.25) is 0 Å². The Morgan fingerprint density at radius 3 is 2.67 bits per heavy atom. The average molecular weight is 325 g/mol. The summed E-state index contributed by atoms with van der Waals surface area (Å²) >= 11 is 0. The Labute approximate surface area is 142 Å². The molecule has 24 heavy (non-hydrogen) atoms. The number of carbonyl (C=O) groups excluding carboxylic acids is 1. The smallest absolute Gasteiger partial charge is 0.319 e. The third kappa shape index (κ3) is 3.51. The van der Waals surface area contributed by atoms with E-state index in [0.717, 1.165) is 24.3 Å². The summed E-state index contributed by atoms with van der Waals surface area (Å²) in [6.07, 6.45) is 1.54. The largest absolute Gasteiger partial charge is 0.396 e. The lowest BCUT2D eigenvalue weighted by atomic mass is 10.2. The molecule has 5 nitrogen and oxygen atoms in total. The molecule has 0 aliphatic carbocycles. The lowest BCUT2D eigenvalue weighted by molar-refractivity contribution is 0.241.